The zero-order valence-electron chi connectivity index (χ0n) is 12.4. The van der Waals surface area contributed by atoms with Crippen LogP contribution in [0.3, 0.4) is 0 Å². The smallest absolute Gasteiger partial charge is 0.255 e. The molecule has 5 nitrogen and oxygen atoms in total. The molecule has 0 saturated carbocycles. The molecule has 0 aliphatic carbocycles. The van der Waals surface area contributed by atoms with Gasteiger partial charge in [-0.05, 0) is 42.5 Å². The molecule has 0 aromatic heterocycles. The van der Waals surface area contributed by atoms with E-state index in [9.17, 15) is 17.6 Å². The maximum atomic E-state index is 13.3. The zero-order valence-corrected chi connectivity index (χ0v) is 14.8. The van der Waals surface area contributed by atoms with E-state index in [4.69, 9.17) is 0 Å². The van der Waals surface area contributed by atoms with Gasteiger partial charge in [0.1, 0.15) is 5.82 Å². The summed E-state index contributed by atoms with van der Waals surface area (Å²) in [5, 5.41) is 2.59. The van der Waals surface area contributed by atoms with Crippen molar-refractivity contribution in [2.45, 2.75) is 4.90 Å². The van der Waals surface area contributed by atoms with Gasteiger partial charge in [0.2, 0.25) is 10.0 Å². The molecule has 0 fully saturated rings. The predicted molar refractivity (Wildman–Crippen MR) is 89.4 cm³/mol. The number of hydrogen-bond acceptors (Lipinski definition) is 3. The van der Waals surface area contributed by atoms with Crippen molar-refractivity contribution >= 4 is 37.5 Å². The first-order valence-electron chi connectivity index (χ1n) is 6.50. The molecule has 0 aliphatic heterocycles. The molecule has 8 heteroatoms. The molecule has 0 atom stereocenters. The fourth-order valence-corrected chi connectivity index (χ4v) is 3.18. The molecule has 23 heavy (non-hydrogen) atoms. The molecule has 0 radical (unpaired) electrons. The van der Waals surface area contributed by atoms with E-state index < -0.39 is 21.7 Å². The Balaban J connectivity index is 2.19. The number of nitrogens with zero attached hydrogens (tertiary/aromatic N) is 1. The van der Waals surface area contributed by atoms with E-state index in [1.165, 1.54) is 50.5 Å². The minimum absolute atomic E-state index is 0.119. The van der Waals surface area contributed by atoms with Crippen LogP contribution in [0.5, 0.6) is 0 Å². The van der Waals surface area contributed by atoms with Gasteiger partial charge < -0.3 is 5.32 Å². The Hall–Kier alpha value is -1.77. The van der Waals surface area contributed by atoms with Crippen molar-refractivity contribution in [3.63, 3.8) is 0 Å². The maximum absolute atomic E-state index is 13.3. The van der Waals surface area contributed by atoms with Crippen LogP contribution in [0.2, 0.25) is 0 Å². The summed E-state index contributed by atoms with van der Waals surface area (Å²) in [7, 11) is -0.646. The van der Waals surface area contributed by atoms with Gasteiger partial charge in [-0.15, -0.1) is 0 Å². The fourth-order valence-electron chi connectivity index (χ4n) is 1.81. The highest BCUT2D eigenvalue weighted by Gasteiger charge is 2.17. The molecule has 0 heterocycles. The Labute approximate surface area is 142 Å². The summed E-state index contributed by atoms with van der Waals surface area (Å²) in [6, 6.07) is 9.59. The molecule has 1 amide bonds. The number of anilines is 1. The van der Waals surface area contributed by atoms with E-state index in [2.05, 4.69) is 21.2 Å². The molecule has 0 spiro atoms. The molecule has 0 unspecified atom stereocenters. The second-order valence-electron chi connectivity index (χ2n) is 4.92. The van der Waals surface area contributed by atoms with E-state index in [0.29, 0.717) is 10.2 Å². The van der Waals surface area contributed by atoms with Crippen molar-refractivity contribution in [3.05, 3.63) is 58.3 Å². The molecule has 1 N–H and O–H groups in total. The van der Waals surface area contributed by atoms with Crippen LogP contribution in [0, 0.1) is 5.82 Å². The van der Waals surface area contributed by atoms with Gasteiger partial charge in [-0.2, -0.15) is 0 Å². The average Bonchev–Trinajstić information content (AvgIpc) is 2.46. The molecule has 2 aromatic carbocycles. The first-order chi connectivity index (χ1) is 10.7. The minimum Gasteiger partial charge on any atom is -0.322 e. The van der Waals surface area contributed by atoms with Crippen molar-refractivity contribution in [3.8, 4) is 0 Å². The monoisotopic (exact) mass is 400 g/mol. The third kappa shape index (κ3) is 4.15. The van der Waals surface area contributed by atoms with Gasteiger partial charge in [0.15, 0.2) is 0 Å². The van der Waals surface area contributed by atoms with Gasteiger partial charge in [0, 0.05) is 29.8 Å². The number of hydrogen-bond donors (Lipinski definition) is 1. The van der Waals surface area contributed by atoms with Gasteiger partial charge in [-0.3, -0.25) is 4.79 Å². The highest BCUT2D eigenvalue weighted by atomic mass is 79.9. The molecule has 2 rings (SSSR count). The zero-order chi connectivity index (χ0) is 17.2. The summed E-state index contributed by atoms with van der Waals surface area (Å²) in [5.74, 6) is -1.02. The maximum Gasteiger partial charge on any atom is 0.255 e. The van der Waals surface area contributed by atoms with Crippen LogP contribution >= 0.6 is 15.9 Å². The van der Waals surface area contributed by atoms with Gasteiger partial charge in [0.05, 0.1) is 4.90 Å². The summed E-state index contributed by atoms with van der Waals surface area (Å²) < 4.78 is 38.8. The summed E-state index contributed by atoms with van der Waals surface area (Å²) >= 11 is 3.12. The number of benzene rings is 2. The number of carbonyl (C=O) groups excluding carboxylic acids is 1. The molecule has 0 bridgehead atoms. The van der Waals surface area contributed by atoms with Crippen molar-refractivity contribution < 1.29 is 17.6 Å². The summed E-state index contributed by atoms with van der Waals surface area (Å²) in [6.07, 6.45) is 0. The first kappa shape index (κ1) is 17.6. The van der Waals surface area contributed by atoms with Crippen molar-refractivity contribution in [1.82, 2.24) is 4.31 Å². The normalized spacial score (nSPS) is 11.5. The molecule has 2 aromatic rings. The number of halogens is 2. The number of amides is 1. The number of carbonyl (C=O) groups is 1. The molecular formula is C15H14BrFN2O3S. The lowest BCUT2D eigenvalue weighted by Crippen LogP contribution is -2.22. The third-order valence-electron chi connectivity index (χ3n) is 3.02. The largest absolute Gasteiger partial charge is 0.322 e. The van der Waals surface area contributed by atoms with Crippen LogP contribution in [0.25, 0.3) is 0 Å². The number of nitrogens with one attached hydrogen (secondary N) is 1. The van der Waals surface area contributed by atoms with E-state index in [0.717, 1.165) is 10.4 Å². The van der Waals surface area contributed by atoms with Gasteiger partial charge >= 0.3 is 0 Å². The Morgan fingerprint density at radius 1 is 1.13 bits per heavy atom. The van der Waals surface area contributed by atoms with Crippen LogP contribution in [0.1, 0.15) is 10.4 Å². The Bertz CT molecular complexity index is 816. The first-order valence-corrected chi connectivity index (χ1v) is 8.73. The molecular weight excluding hydrogens is 387 g/mol. The summed E-state index contributed by atoms with van der Waals surface area (Å²) in [6.45, 7) is 0. The van der Waals surface area contributed by atoms with Gasteiger partial charge in [-0.1, -0.05) is 15.9 Å². The van der Waals surface area contributed by atoms with Crippen molar-refractivity contribution in [1.29, 1.82) is 0 Å². The van der Waals surface area contributed by atoms with E-state index >= 15 is 0 Å². The standard InChI is InChI=1S/C15H14BrFN2O3S/c1-19(2)23(21,22)14-5-3-13(4-6-14)18-15(20)10-7-11(16)9-12(17)8-10/h3-9H,1-2H3,(H,18,20). The Kier molecular flexibility index (Phi) is 5.18. The van der Waals surface area contributed by atoms with Crippen LogP contribution < -0.4 is 5.32 Å². The minimum atomic E-state index is -3.52. The third-order valence-corrected chi connectivity index (χ3v) is 5.30. The lowest BCUT2D eigenvalue weighted by molar-refractivity contribution is 0.102. The number of rotatable bonds is 4. The predicted octanol–water partition coefficient (Wildman–Crippen LogP) is 3.09. The Morgan fingerprint density at radius 3 is 2.26 bits per heavy atom. The summed E-state index contributed by atoms with van der Waals surface area (Å²) in [4.78, 5) is 12.2. The van der Waals surface area contributed by atoms with Crippen LogP contribution in [0.4, 0.5) is 10.1 Å². The van der Waals surface area contributed by atoms with Crippen molar-refractivity contribution in [2.24, 2.45) is 0 Å². The average molecular weight is 401 g/mol. The van der Waals surface area contributed by atoms with Crippen LogP contribution in [0.15, 0.2) is 51.8 Å². The molecule has 122 valence electrons. The molecule has 0 saturated heterocycles. The van der Waals surface area contributed by atoms with E-state index in [1.54, 1.807) is 0 Å². The highest BCUT2D eigenvalue weighted by Crippen LogP contribution is 2.19. The Morgan fingerprint density at radius 2 is 1.74 bits per heavy atom. The van der Waals surface area contributed by atoms with Gasteiger partial charge in [-0.25, -0.2) is 17.1 Å². The highest BCUT2D eigenvalue weighted by molar-refractivity contribution is 9.10. The lowest BCUT2D eigenvalue weighted by Gasteiger charge is -2.12. The second-order valence-corrected chi connectivity index (χ2v) is 7.99. The van der Waals surface area contributed by atoms with E-state index in [1.807, 2.05) is 0 Å². The summed E-state index contributed by atoms with van der Waals surface area (Å²) in [5.41, 5.74) is 0.565. The number of sulfonamides is 1. The van der Waals surface area contributed by atoms with Gasteiger partial charge in [0.25, 0.3) is 5.91 Å². The van der Waals surface area contributed by atoms with Crippen LogP contribution in [-0.2, 0) is 10.0 Å². The van der Waals surface area contributed by atoms with Crippen molar-refractivity contribution in [2.75, 3.05) is 19.4 Å². The second kappa shape index (κ2) is 6.77. The SMILES string of the molecule is CN(C)S(=O)(=O)c1ccc(NC(=O)c2cc(F)cc(Br)c2)cc1. The quantitative estimate of drug-likeness (QED) is 0.857. The fraction of sp³-hybridized carbons (Fsp3) is 0.133. The lowest BCUT2D eigenvalue weighted by atomic mass is 10.2. The van der Waals surface area contributed by atoms with E-state index in [-0.39, 0.29) is 10.5 Å². The topological polar surface area (TPSA) is 66.5 Å². The van der Waals surface area contributed by atoms with Crippen LogP contribution in [-0.4, -0.2) is 32.7 Å². The molecule has 0 aliphatic rings.